The van der Waals surface area contributed by atoms with Crippen molar-refractivity contribution in [3.05, 3.63) is 35.2 Å². The summed E-state index contributed by atoms with van der Waals surface area (Å²) < 4.78 is 5.58. The number of nitrogens with two attached hydrogens (primary N) is 1. The topological polar surface area (TPSA) is 61.0 Å². The molecule has 0 atom stereocenters. The lowest BCUT2D eigenvalue weighted by Gasteiger charge is -2.16. The minimum Gasteiger partial charge on any atom is -0.496 e. The Balaban J connectivity index is 2.69. The van der Waals surface area contributed by atoms with Crippen LogP contribution in [0.3, 0.4) is 0 Å². The van der Waals surface area contributed by atoms with Crippen LogP contribution in [0.2, 0.25) is 0 Å². The quantitative estimate of drug-likeness (QED) is 0.926. The van der Waals surface area contributed by atoms with E-state index in [9.17, 15) is 0 Å². The van der Waals surface area contributed by atoms with E-state index in [1.54, 1.807) is 7.11 Å². The fourth-order valence-electron chi connectivity index (χ4n) is 2.39. The Hall–Kier alpha value is -2.10. The molecule has 4 nitrogen and oxygen atoms in total. The predicted molar refractivity (Wildman–Crippen MR) is 81.9 cm³/mol. The second-order valence-corrected chi connectivity index (χ2v) is 4.92. The van der Waals surface area contributed by atoms with Gasteiger partial charge in [0.15, 0.2) is 0 Å². The molecule has 2 N–H and O–H groups in total. The highest BCUT2D eigenvalue weighted by molar-refractivity contribution is 5.75. The number of anilines is 1. The lowest BCUT2D eigenvalue weighted by atomic mass is 9.98. The maximum Gasteiger partial charge on any atom is 0.131 e. The summed E-state index contributed by atoms with van der Waals surface area (Å²) in [5, 5.41) is 0. The maximum atomic E-state index is 6.01. The van der Waals surface area contributed by atoms with E-state index < -0.39 is 0 Å². The monoisotopic (exact) mass is 271 g/mol. The lowest BCUT2D eigenvalue weighted by molar-refractivity contribution is 0.413. The molecule has 4 heteroatoms. The number of rotatable bonds is 4. The highest BCUT2D eigenvalue weighted by atomic mass is 16.5. The maximum absolute atomic E-state index is 6.01. The summed E-state index contributed by atoms with van der Waals surface area (Å²) in [5.41, 5.74) is 11.2. The second kappa shape index (κ2) is 5.90. The fourth-order valence-corrected chi connectivity index (χ4v) is 2.39. The lowest BCUT2D eigenvalue weighted by Crippen LogP contribution is -2.04. The first-order valence-corrected chi connectivity index (χ1v) is 6.84. The first kappa shape index (κ1) is 14.3. The van der Waals surface area contributed by atoms with Crippen molar-refractivity contribution in [2.45, 2.75) is 33.6 Å². The molecule has 1 aromatic carbocycles. The average molecular weight is 271 g/mol. The normalized spacial score (nSPS) is 10.6. The largest absolute Gasteiger partial charge is 0.496 e. The van der Waals surface area contributed by atoms with E-state index in [4.69, 9.17) is 10.5 Å². The molecule has 1 aromatic heterocycles. The summed E-state index contributed by atoms with van der Waals surface area (Å²) in [7, 11) is 1.69. The van der Waals surface area contributed by atoms with Crippen molar-refractivity contribution < 1.29 is 4.74 Å². The third-order valence-electron chi connectivity index (χ3n) is 3.61. The number of hydrogen-bond donors (Lipinski definition) is 1. The smallest absolute Gasteiger partial charge is 0.131 e. The van der Waals surface area contributed by atoms with Gasteiger partial charge in [0.2, 0.25) is 0 Å². The second-order valence-electron chi connectivity index (χ2n) is 4.92. The molecule has 0 saturated carbocycles. The Bertz CT molecular complexity index is 623. The number of nitrogens with zero attached hydrogens (tertiary/aromatic N) is 2. The van der Waals surface area contributed by atoms with Crippen LogP contribution < -0.4 is 10.5 Å². The van der Waals surface area contributed by atoms with Gasteiger partial charge in [-0.15, -0.1) is 0 Å². The third-order valence-corrected chi connectivity index (χ3v) is 3.61. The van der Waals surface area contributed by atoms with E-state index in [1.807, 2.05) is 6.07 Å². The van der Waals surface area contributed by atoms with Crippen LogP contribution in [-0.2, 0) is 6.42 Å². The van der Waals surface area contributed by atoms with Gasteiger partial charge in [-0.2, -0.15) is 0 Å². The zero-order chi connectivity index (χ0) is 14.7. The van der Waals surface area contributed by atoms with E-state index in [2.05, 4.69) is 36.8 Å². The molecule has 0 fully saturated rings. The molecule has 0 spiro atoms. The molecule has 0 aliphatic carbocycles. The number of benzene rings is 1. The van der Waals surface area contributed by atoms with Crippen LogP contribution in [0.25, 0.3) is 11.3 Å². The molecule has 0 aliphatic heterocycles. The number of aryl methyl sites for hydroxylation is 1. The van der Waals surface area contributed by atoms with Crippen LogP contribution in [0.4, 0.5) is 5.82 Å². The van der Waals surface area contributed by atoms with Gasteiger partial charge in [-0.3, -0.25) is 0 Å². The van der Waals surface area contributed by atoms with Crippen LogP contribution in [0.15, 0.2) is 18.5 Å². The predicted octanol–water partition coefficient (Wildman–Crippen LogP) is 3.30. The SMILES string of the molecule is CCCc1c(N)ncnc1-c1ccc(C)c(C)c1OC. The van der Waals surface area contributed by atoms with Crippen molar-refractivity contribution in [2.24, 2.45) is 0 Å². The zero-order valence-electron chi connectivity index (χ0n) is 12.5. The molecule has 2 aromatic rings. The third kappa shape index (κ3) is 2.46. The van der Waals surface area contributed by atoms with Crippen molar-refractivity contribution in [3.63, 3.8) is 0 Å². The van der Waals surface area contributed by atoms with Gasteiger partial charge in [0.25, 0.3) is 0 Å². The van der Waals surface area contributed by atoms with Crippen molar-refractivity contribution in [1.82, 2.24) is 9.97 Å². The molecule has 20 heavy (non-hydrogen) atoms. The first-order valence-electron chi connectivity index (χ1n) is 6.84. The summed E-state index contributed by atoms with van der Waals surface area (Å²) in [6, 6.07) is 4.13. The van der Waals surface area contributed by atoms with Gasteiger partial charge in [0, 0.05) is 11.1 Å². The van der Waals surface area contributed by atoms with Gasteiger partial charge < -0.3 is 10.5 Å². The van der Waals surface area contributed by atoms with Gasteiger partial charge >= 0.3 is 0 Å². The molecule has 0 amide bonds. The van der Waals surface area contributed by atoms with Crippen LogP contribution in [-0.4, -0.2) is 17.1 Å². The first-order chi connectivity index (χ1) is 9.60. The minimum atomic E-state index is 0.553. The van der Waals surface area contributed by atoms with Crippen LogP contribution in [0.5, 0.6) is 5.75 Å². The standard InChI is InChI=1S/C16H21N3O/c1-5-6-13-14(18-9-19-16(13)17)12-8-7-10(2)11(3)15(12)20-4/h7-9H,5-6H2,1-4H3,(H2,17,18,19). The highest BCUT2D eigenvalue weighted by Crippen LogP contribution is 2.36. The molecule has 0 radical (unpaired) electrons. The Morgan fingerprint density at radius 3 is 2.60 bits per heavy atom. The van der Waals surface area contributed by atoms with E-state index >= 15 is 0 Å². The summed E-state index contributed by atoms with van der Waals surface area (Å²) in [5.74, 6) is 1.41. The molecule has 1 heterocycles. The number of aromatic nitrogens is 2. The van der Waals surface area contributed by atoms with Crippen molar-refractivity contribution >= 4 is 5.82 Å². The molecular formula is C16H21N3O. The van der Waals surface area contributed by atoms with Gasteiger partial charge in [-0.25, -0.2) is 9.97 Å². The Kier molecular flexibility index (Phi) is 4.23. The molecule has 2 rings (SSSR count). The number of nitrogen functional groups attached to an aromatic ring is 1. The minimum absolute atomic E-state index is 0.553. The number of methoxy groups -OCH3 is 1. The Labute approximate surface area is 120 Å². The number of ether oxygens (including phenoxy) is 1. The van der Waals surface area contributed by atoms with E-state index in [0.717, 1.165) is 41.0 Å². The van der Waals surface area contributed by atoms with E-state index in [-0.39, 0.29) is 0 Å². The fraction of sp³-hybridized carbons (Fsp3) is 0.375. The van der Waals surface area contributed by atoms with Crippen LogP contribution in [0.1, 0.15) is 30.0 Å². The van der Waals surface area contributed by atoms with Crippen molar-refractivity contribution in [1.29, 1.82) is 0 Å². The van der Waals surface area contributed by atoms with Gasteiger partial charge in [0.1, 0.15) is 17.9 Å². The van der Waals surface area contributed by atoms with Gasteiger partial charge in [0.05, 0.1) is 12.8 Å². The molecule has 0 unspecified atom stereocenters. The summed E-state index contributed by atoms with van der Waals surface area (Å²) >= 11 is 0. The molecule has 0 saturated heterocycles. The summed E-state index contributed by atoms with van der Waals surface area (Å²) in [6.07, 6.45) is 3.37. The van der Waals surface area contributed by atoms with Crippen molar-refractivity contribution in [3.8, 4) is 17.0 Å². The number of hydrogen-bond acceptors (Lipinski definition) is 4. The van der Waals surface area contributed by atoms with E-state index in [0.29, 0.717) is 5.82 Å². The van der Waals surface area contributed by atoms with Crippen molar-refractivity contribution in [2.75, 3.05) is 12.8 Å². The van der Waals surface area contributed by atoms with Crippen LogP contribution >= 0.6 is 0 Å². The zero-order valence-corrected chi connectivity index (χ0v) is 12.5. The molecule has 0 bridgehead atoms. The Morgan fingerprint density at radius 2 is 1.95 bits per heavy atom. The highest BCUT2D eigenvalue weighted by Gasteiger charge is 2.16. The summed E-state index contributed by atoms with van der Waals surface area (Å²) in [6.45, 7) is 6.25. The van der Waals surface area contributed by atoms with Gasteiger partial charge in [-0.1, -0.05) is 19.4 Å². The molecule has 106 valence electrons. The Morgan fingerprint density at radius 1 is 1.20 bits per heavy atom. The van der Waals surface area contributed by atoms with Crippen LogP contribution in [0, 0.1) is 13.8 Å². The van der Waals surface area contributed by atoms with E-state index in [1.165, 1.54) is 11.9 Å². The average Bonchev–Trinajstić information content (AvgIpc) is 2.44. The van der Waals surface area contributed by atoms with Gasteiger partial charge in [-0.05, 0) is 37.5 Å². The summed E-state index contributed by atoms with van der Waals surface area (Å²) in [4.78, 5) is 8.54. The molecular weight excluding hydrogens is 250 g/mol. The molecule has 0 aliphatic rings.